The fourth-order valence-electron chi connectivity index (χ4n) is 3.01. The number of nitrogens with one attached hydrogen (secondary N) is 1. The highest BCUT2D eigenvalue weighted by Gasteiger charge is 2.45. The van der Waals surface area contributed by atoms with Crippen LogP contribution in [0.1, 0.15) is 36.0 Å². The largest absolute Gasteiger partial charge is 0.481 e. The zero-order chi connectivity index (χ0) is 23.3. The first-order chi connectivity index (χ1) is 14.4. The van der Waals surface area contributed by atoms with Crippen LogP contribution in [0, 0.1) is 5.92 Å². The quantitative estimate of drug-likeness (QED) is 0.462. The first-order valence-electron chi connectivity index (χ1n) is 9.22. The Kier molecular flexibility index (Phi) is 7.84. The fourth-order valence-corrected chi connectivity index (χ4v) is 3.18. The summed E-state index contributed by atoms with van der Waals surface area (Å²) >= 11 is 6.07. The topological polar surface area (TPSA) is 66.4 Å². The summed E-state index contributed by atoms with van der Waals surface area (Å²) in [5.41, 5.74) is 0.762. The Balaban J connectivity index is 2.36. The summed E-state index contributed by atoms with van der Waals surface area (Å²) in [4.78, 5) is 23.6. The lowest BCUT2D eigenvalue weighted by atomic mass is 9.85. The van der Waals surface area contributed by atoms with Gasteiger partial charge in [-0.1, -0.05) is 55.4 Å². The van der Waals surface area contributed by atoms with Crippen molar-refractivity contribution < 1.29 is 32.3 Å². The maximum absolute atomic E-state index is 13.5. The van der Waals surface area contributed by atoms with E-state index in [0.29, 0.717) is 5.56 Å². The number of alkyl halides is 3. The number of halogens is 5. The molecule has 9 heteroatoms. The van der Waals surface area contributed by atoms with Gasteiger partial charge in [-0.2, -0.15) is 13.2 Å². The highest BCUT2D eigenvalue weighted by Crippen LogP contribution is 2.39. The minimum Gasteiger partial charge on any atom is -0.481 e. The molecule has 0 aromatic heterocycles. The number of aliphatic carboxylic acids is 1. The number of carboxylic acids is 1. The van der Waals surface area contributed by atoms with Crippen molar-refractivity contribution in [1.29, 1.82) is 0 Å². The summed E-state index contributed by atoms with van der Waals surface area (Å²) < 4.78 is 53.7. The van der Waals surface area contributed by atoms with Crippen LogP contribution in [0.25, 0.3) is 5.83 Å². The van der Waals surface area contributed by atoms with Crippen molar-refractivity contribution in [2.24, 2.45) is 5.92 Å². The first-order valence-corrected chi connectivity index (χ1v) is 9.60. The predicted molar refractivity (Wildman–Crippen MR) is 111 cm³/mol. The third kappa shape index (κ3) is 6.55. The monoisotopic (exact) mass is 457 g/mol. The summed E-state index contributed by atoms with van der Waals surface area (Å²) in [6.45, 7) is 4.02. The van der Waals surface area contributed by atoms with Gasteiger partial charge in [0.15, 0.2) is 0 Å². The number of rotatable bonds is 8. The molecule has 2 atom stereocenters. The lowest BCUT2D eigenvalue weighted by Crippen LogP contribution is -2.34. The number of carboxylic acid groups (broad SMARTS) is 1. The number of anilines is 1. The van der Waals surface area contributed by atoms with E-state index in [-0.39, 0.29) is 34.7 Å². The van der Waals surface area contributed by atoms with E-state index in [1.165, 1.54) is 36.4 Å². The molecule has 4 nitrogen and oxygen atoms in total. The fraction of sp³-hybridized carbons (Fsp3) is 0.273. The summed E-state index contributed by atoms with van der Waals surface area (Å²) in [7, 11) is 0. The average Bonchev–Trinajstić information content (AvgIpc) is 2.68. The Morgan fingerprint density at radius 2 is 1.77 bits per heavy atom. The van der Waals surface area contributed by atoms with Crippen LogP contribution < -0.4 is 5.32 Å². The molecule has 0 aliphatic carbocycles. The van der Waals surface area contributed by atoms with Gasteiger partial charge in [-0.25, -0.2) is 4.39 Å². The molecule has 2 N–H and O–H groups in total. The lowest BCUT2D eigenvalue weighted by molar-refractivity contribution is -0.178. The molecule has 0 aliphatic rings. The molecule has 0 radical (unpaired) electrons. The smallest absolute Gasteiger partial charge is 0.392 e. The van der Waals surface area contributed by atoms with Crippen molar-refractivity contribution >= 4 is 35.0 Å². The Hall–Kier alpha value is -2.87. The third-order valence-electron chi connectivity index (χ3n) is 4.80. The van der Waals surface area contributed by atoms with Gasteiger partial charge in [-0.05, 0) is 29.7 Å². The molecule has 0 aliphatic heterocycles. The molecular weight excluding hydrogens is 438 g/mol. The molecule has 0 spiro atoms. The van der Waals surface area contributed by atoms with Crippen LogP contribution in [0.15, 0.2) is 49.0 Å². The van der Waals surface area contributed by atoms with Gasteiger partial charge in [0.05, 0.1) is 22.5 Å². The van der Waals surface area contributed by atoms with E-state index in [4.69, 9.17) is 16.7 Å². The molecule has 0 bridgehead atoms. The lowest BCUT2D eigenvalue weighted by Gasteiger charge is -2.26. The van der Waals surface area contributed by atoms with Crippen molar-refractivity contribution in [3.8, 4) is 0 Å². The van der Waals surface area contributed by atoms with Crippen molar-refractivity contribution in [2.45, 2.75) is 31.9 Å². The van der Waals surface area contributed by atoms with Crippen LogP contribution in [0.5, 0.6) is 0 Å². The molecule has 0 fully saturated rings. The molecule has 0 saturated heterocycles. The molecule has 2 aromatic carbocycles. The van der Waals surface area contributed by atoms with Gasteiger partial charge in [0, 0.05) is 12.0 Å². The minimum absolute atomic E-state index is 0.0467. The molecule has 2 unspecified atom stereocenters. The molecule has 31 heavy (non-hydrogen) atoms. The van der Waals surface area contributed by atoms with E-state index in [9.17, 15) is 27.2 Å². The number of carbonyl (C=O) groups excluding carboxylic acids is 1. The second-order valence-electron chi connectivity index (χ2n) is 7.03. The van der Waals surface area contributed by atoms with E-state index in [0.717, 1.165) is 6.92 Å². The van der Waals surface area contributed by atoms with Crippen molar-refractivity contribution in [3.63, 3.8) is 0 Å². The summed E-state index contributed by atoms with van der Waals surface area (Å²) in [6.07, 6.45) is -4.67. The van der Waals surface area contributed by atoms with Gasteiger partial charge in [0.2, 0.25) is 5.91 Å². The maximum Gasteiger partial charge on any atom is 0.392 e. The van der Waals surface area contributed by atoms with Crippen LogP contribution >= 0.6 is 11.6 Å². The molecule has 2 rings (SSSR count). The number of carbonyl (C=O) groups is 2. The second-order valence-corrected chi connectivity index (χ2v) is 7.44. The zero-order valence-corrected chi connectivity index (χ0v) is 17.2. The molecular formula is C22H20ClF4NO3. The second kappa shape index (κ2) is 9.96. The van der Waals surface area contributed by atoms with Gasteiger partial charge < -0.3 is 10.4 Å². The molecule has 0 heterocycles. The van der Waals surface area contributed by atoms with E-state index in [2.05, 4.69) is 11.9 Å². The number of benzene rings is 2. The van der Waals surface area contributed by atoms with Gasteiger partial charge in [-0.3, -0.25) is 9.59 Å². The van der Waals surface area contributed by atoms with Crippen molar-refractivity contribution in [1.82, 2.24) is 0 Å². The number of hydrogen-bond donors (Lipinski definition) is 2. The standard InChI is InChI=1S/C22H20ClF4NO3/c1-12(22(25,26)27)20(16-7-5-15(6-8-16)13(2)24)21(31)28-18-11-14(3-9-17(18)23)4-10-19(29)30/h3,5-9,11-12,20H,2,4,10H2,1H3,(H,28,31)(H,29,30). The van der Waals surface area contributed by atoms with Gasteiger partial charge in [-0.15, -0.1) is 0 Å². The Bertz CT molecular complexity index is 974. The number of aryl methyl sites for hydroxylation is 1. The predicted octanol–water partition coefficient (Wildman–Crippen LogP) is 6.22. The van der Waals surface area contributed by atoms with Crippen LogP contribution in [0.3, 0.4) is 0 Å². The van der Waals surface area contributed by atoms with Crippen LogP contribution in [-0.4, -0.2) is 23.2 Å². The number of hydrogen-bond acceptors (Lipinski definition) is 2. The molecule has 2 aromatic rings. The van der Waals surface area contributed by atoms with Crippen LogP contribution in [-0.2, 0) is 16.0 Å². The van der Waals surface area contributed by atoms with Gasteiger partial charge in [0.1, 0.15) is 5.83 Å². The highest BCUT2D eigenvalue weighted by atomic mass is 35.5. The number of amides is 1. The maximum atomic E-state index is 13.5. The zero-order valence-electron chi connectivity index (χ0n) is 16.5. The van der Waals surface area contributed by atoms with Crippen molar-refractivity contribution in [2.75, 3.05) is 5.32 Å². The Morgan fingerprint density at radius 3 is 2.29 bits per heavy atom. The highest BCUT2D eigenvalue weighted by molar-refractivity contribution is 6.33. The molecule has 0 saturated carbocycles. The molecule has 166 valence electrons. The van der Waals surface area contributed by atoms with Crippen molar-refractivity contribution in [3.05, 3.63) is 70.8 Å². The summed E-state index contributed by atoms with van der Waals surface area (Å²) in [6, 6.07) is 9.42. The third-order valence-corrected chi connectivity index (χ3v) is 5.13. The normalized spacial score (nSPS) is 13.4. The van der Waals surface area contributed by atoms with Crippen LogP contribution in [0.2, 0.25) is 5.02 Å². The average molecular weight is 458 g/mol. The van der Waals surface area contributed by atoms with Gasteiger partial charge in [0.25, 0.3) is 0 Å². The SMILES string of the molecule is C=C(F)c1ccc(C(C(=O)Nc2cc(CCC(=O)O)ccc2Cl)C(C)C(F)(F)F)cc1. The summed E-state index contributed by atoms with van der Waals surface area (Å²) in [5, 5.41) is 11.3. The minimum atomic E-state index is -4.67. The first kappa shape index (κ1) is 24.4. The summed E-state index contributed by atoms with van der Waals surface area (Å²) in [5.74, 6) is -6.38. The van der Waals surface area contributed by atoms with E-state index < -0.39 is 35.7 Å². The van der Waals surface area contributed by atoms with E-state index >= 15 is 0 Å². The molecule has 1 amide bonds. The van der Waals surface area contributed by atoms with E-state index in [1.54, 1.807) is 6.07 Å². The van der Waals surface area contributed by atoms with Gasteiger partial charge >= 0.3 is 12.1 Å². The van der Waals surface area contributed by atoms with Crippen LogP contribution in [0.4, 0.5) is 23.2 Å². The van der Waals surface area contributed by atoms with E-state index in [1.807, 2.05) is 0 Å². The Morgan fingerprint density at radius 1 is 1.16 bits per heavy atom. The Labute approximate surface area is 181 Å².